The van der Waals surface area contributed by atoms with Gasteiger partial charge < -0.3 is 10.4 Å². The summed E-state index contributed by atoms with van der Waals surface area (Å²) in [6.45, 7) is 2.80. The van der Waals surface area contributed by atoms with Gasteiger partial charge in [-0.05, 0) is 12.5 Å². The van der Waals surface area contributed by atoms with E-state index in [4.69, 9.17) is 5.11 Å². The minimum atomic E-state index is -0.416. The molecule has 0 aliphatic rings. The summed E-state index contributed by atoms with van der Waals surface area (Å²) >= 11 is 0. The molecule has 0 bridgehead atoms. The number of anilines is 1. The predicted molar refractivity (Wildman–Crippen MR) is 128 cm³/mol. The third-order valence-electron chi connectivity index (χ3n) is 5.86. The second-order valence-electron chi connectivity index (χ2n) is 8.64. The average Bonchev–Trinajstić information content (AvgIpc) is 2.75. The summed E-state index contributed by atoms with van der Waals surface area (Å²) in [4.78, 5) is 15.4. The van der Waals surface area contributed by atoms with Crippen LogP contribution >= 0.6 is 0 Å². The lowest BCUT2D eigenvalue weighted by atomic mass is 10.0. The van der Waals surface area contributed by atoms with Crippen LogP contribution in [0.5, 0.6) is 0 Å². The van der Waals surface area contributed by atoms with E-state index in [9.17, 15) is 4.79 Å². The van der Waals surface area contributed by atoms with E-state index in [1.807, 2.05) is 0 Å². The number of hydrogen-bond donors (Lipinski definition) is 2. The number of hydrogen-bond acceptors (Lipinski definition) is 4. The number of aromatic nitrogens is 2. The highest BCUT2D eigenvalue weighted by atomic mass is 16.3. The van der Waals surface area contributed by atoms with Crippen LogP contribution in [0.2, 0.25) is 0 Å². The number of aliphatic hydroxyl groups excluding tert-OH is 1. The molecule has 0 saturated heterocycles. The summed E-state index contributed by atoms with van der Waals surface area (Å²) in [6.07, 6.45) is 26.4. The van der Waals surface area contributed by atoms with Gasteiger partial charge in [0.1, 0.15) is 12.5 Å². The van der Waals surface area contributed by atoms with Gasteiger partial charge in [-0.3, -0.25) is 4.57 Å². The molecule has 5 nitrogen and oxygen atoms in total. The van der Waals surface area contributed by atoms with Crippen LogP contribution in [-0.2, 0) is 6.73 Å². The Bertz CT molecular complexity index is 560. The molecular weight excluding hydrogens is 374 g/mol. The zero-order chi connectivity index (χ0) is 21.7. The minimum absolute atomic E-state index is 0.328. The summed E-state index contributed by atoms with van der Waals surface area (Å²) in [5.41, 5.74) is -0.416. The summed E-state index contributed by atoms with van der Waals surface area (Å²) in [5, 5.41) is 12.1. The van der Waals surface area contributed by atoms with Gasteiger partial charge >= 0.3 is 5.69 Å². The molecule has 1 heterocycles. The molecule has 1 aromatic rings. The zero-order valence-electron chi connectivity index (χ0n) is 19.5. The Morgan fingerprint density at radius 2 is 1.20 bits per heavy atom. The maximum Gasteiger partial charge on any atom is 0.351 e. The third-order valence-corrected chi connectivity index (χ3v) is 5.86. The lowest BCUT2D eigenvalue weighted by molar-refractivity contribution is 0.204. The SMILES string of the molecule is CCCCCCCCCCCCCCCCCCCCNc1ccn(CO)c(=O)n1. The molecule has 0 saturated carbocycles. The Kier molecular flexibility index (Phi) is 17.4. The van der Waals surface area contributed by atoms with Crippen LogP contribution < -0.4 is 11.0 Å². The van der Waals surface area contributed by atoms with Gasteiger partial charge in [-0.2, -0.15) is 4.98 Å². The molecule has 0 atom stereocenters. The van der Waals surface area contributed by atoms with Gasteiger partial charge in [-0.15, -0.1) is 0 Å². The van der Waals surface area contributed by atoms with Crippen LogP contribution in [-0.4, -0.2) is 21.2 Å². The van der Waals surface area contributed by atoms with Gasteiger partial charge in [0.05, 0.1) is 0 Å². The van der Waals surface area contributed by atoms with E-state index in [-0.39, 0.29) is 6.73 Å². The molecule has 1 aromatic heterocycles. The highest BCUT2D eigenvalue weighted by molar-refractivity contribution is 5.31. The fourth-order valence-electron chi connectivity index (χ4n) is 3.88. The van der Waals surface area contributed by atoms with E-state index in [0.29, 0.717) is 5.82 Å². The number of nitrogens with zero attached hydrogens (tertiary/aromatic N) is 2. The highest BCUT2D eigenvalue weighted by Gasteiger charge is 1.99. The molecule has 1 rings (SSSR count). The monoisotopic (exact) mass is 421 g/mol. The standard InChI is InChI=1S/C25H47N3O2/c1-2-3-4-5-6-7-8-9-10-11-12-13-14-15-16-17-18-19-21-26-24-20-22-28(23-29)25(30)27-24/h20,22,29H,2-19,21,23H2,1H3,(H,26,27,30). The Morgan fingerprint density at radius 1 is 0.767 bits per heavy atom. The normalized spacial score (nSPS) is 11.1. The van der Waals surface area contributed by atoms with Crippen LogP contribution in [0, 0.1) is 0 Å². The third kappa shape index (κ3) is 14.6. The molecule has 0 fully saturated rings. The molecule has 0 aliphatic carbocycles. The van der Waals surface area contributed by atoms with Crippen molar-refractivity contribution in [1.82, 2.24) is 9.55 Å². The zero-order valence-corrected chi connectivity index (χ0v) is 19.5. The summed E-state index contributed by atoms with van der Waals surface area (Å²) in [5.74, 6) is 0.594. The van der Waals surface area contributed by atoms with Crippen LogP contribution in [0.4, 0.5) is 5.82 Å². The van der Waals surface area contributed by atoms with Crippen molar-refractivity contribution in [3.63, 3.8) is 0 Å². The number of rotatable bonds is 21. The van der Waals surface area contributed by atoms with Gasteiger partial charge in [-0.25, -0.2) is 4.79 Å². The summed E-state index contributed by atoms with van der Waals surface area (Å²) in [7, 11) is 0. The van der Waals surface area contributed by atoms with Gasteiger partial charge in [0, 0.05) is 12.7 Å². The van der Waals surface area contributed by atoms with Crippen LogP contribution in [0.1, 0.15) is 122 Å². The van der Waals surface area contributed by atoms with E-state index >= 15 is 0 Å². The summed E-state index contributed by atoms with van der Waals surface area (Å²) < 4.78 is 1.17. The van der Waals surface area contributed by atoms with E-state index in [1.165, 1.54) is 114 Å². The molecule has 0 radical (unpaired) electrons. The first-order chi connectivity index (χ1) is 14.8. The van der Waals surface area contributed by atoms with Gasteiger partial charge in [0.25, 0.3) is 0 Å². The Balaban J connectivity index is 1.77. The molecule has 174 valence electrons. The molecular formula is C25H47N3O2. The quantitative estimate of drug-likeness (QED) is 0.218. The fourth-order valence-corrected chi connectivity index (χ4v) is 3.88. The van der Waals surface area contributed by atoms with Crippen molar-refractivity contribution in [3.05, 3.63) is 22.7 Å². The lowest BCUT2D eigenvalue weighted by Gasteiger charge is -2.06. The topological polar surface area (TPSA) is 67.2 Å². The minimum Gasteiger partial charge on any atom is -0.376 e. The van der Waals surface area contributed by atoms with Crippen molar-refractivity contribution < 1.29 is 5.11 Å². The predicted octanol–water partition coefficient (Wildman–Crippen LogP) is 6.65. The molecule has 0 aromatic carbocycles. The largest absolute Gasteiger partial charge is 0.376 e. The smallest absolute Gasteiger partial charge is 0.351 e. The first-order valence-electron chi connectivity index (χ1n) is 12.7. The van der Waals surface area contributed by atoms with Crippen LogP contribution in [0.15, 0.2) is 17.1 Å². The van der Waals surface area contributed by atoms with E-state index in [0.717, 1.165) is 13.0 Å². The van der Waals surface area contributed by atoms with Crippen LogP contribution in [0.25, 0.3) is 0 Å². The highest BCUT2D eigenvalue weighted by Crippen LogP contribution is 2.14. The number of aliphatic hydroxyl groups is 1. The van der Waals surface area contributed by atoms with Crippen molar-refractivity contribution in [2.75, 3.05) is 11.9 Å². The van der Waals surface area contributed by atoms with Gasteiger partial charge in [0.15, 0.2) is 0 Å². The van der Waals surface area contributed by atoms with Gasteiger partial charge in [-0.1, -0.05) is 116 Å². The van der Waals surface area contributed by atoms with E-state index < -0.39 is 5.69 Å². The van der Waals surface area contributed by atoms with Gasteiger partial charge in [0.2, 0.25) is 0 Å². The van der Waals surface area contributed by atoms with Crippen molar-refractivity contribution >= 4 is 5.82 Å². The average molecular weight is 422 g/mol. The second-order valence-corrected chi connectivity index (χ2v) is 8.64. The maximum absolute atomic E-state index is 11.5. The van der Waals surface area contributed by atoms with Crippen molar-refractivity contribution in [1.29, 1.82) is 0 Å². The first-order valence-corrected chi connectivity index (χ1v) is 12.7. The molecule has 30 heavy (non-hydrogen) atoms. The van der Waals surface area contributed by atoms with Crippen LogP contribution in [0.3, 0.4) is 0 Å². The van der Waals surface area contributed by atoms with Crippen molar-refractivity contribution in [3.8, 4) is 0 Å². The van der Waals surface area contributed by atoms with E-state index in [2.05, 4.69) is 17.2 Å². The second kappa shape index (κ2) is 19.6. The molecule has 2 N–H and O–H groups in total. The Morgan fingerprint density at radius 3 is 1.60 bits per heavy atom. The molecule has 0 spiro atoms. The Hall–Kier alpha value is -1.36. The van der Waals surface area contributed by atoms with E-state index in [1.54, 1.807) is 12.3 Å². The first kappa shape index (κ1) is 26.7. The molecule has 5 heteroatoms. The number of unbranched alkanes of at least 4 members (excludes halogenated alkanes) is 17. The summed E-state index contributed by atoms with van der Waals surface area (Å²) in [6, 6.07) is 1.73. The lowest BCUT2D eigenvalue weighted by Crippen LogP contribution is -2.23. The molecule has 0 aliphatic heterocycles. The Labute approximate surface area is 184 Å². The fraction of sp³-hybridized carbons (Fsp3) is 0.840. The van der Waals surface area contributed by atoms with Crippen molar-refractivity contribution in [2.24, 2.45) is 0 Å². The molecule has 0 amide bonds. The number of nitrogens with one attached hydrogen (secondary N) is 1. The maximum atomic E-state index is 11.5. The van der Waals surface area contributed by atoms with Crippen molar-refractivity contribution in [2.45, 2.75) is 129 Å². The molecule has 0 unspecified atom stereocenters.